The van der Waals surface area contributed by atoms with E-state index in [1.54, 1.807) is 12.1 Å². The molecule has 0 aliphatic rings. The molecule has 0 spiro atoms. The number of benzene rings is 2. The van der Waals surface area contributed by atoms with Crippen LogP contribution >= 0.6 is 0 Å². The first-order valence-corrected chi connectivity index (χ1v) is 8.55. The van der Waals surface area contributed by atoms with Gasteiger partial charge in [-0.25, -0.2) is 4.79 Å². The third-order valence-electron chi connectivity index (χ3n) is 4.44. The summed E-state index contributed by atoms with van der Waals surface area (Å²) in [5.74, 6) is -0.293. The lowest BCUT2D eigenvalue weighted by atomic mass is 9.93. The number of hydrogen-bond donors (Lipinski definition) is 1. The minimum absolute atomic E-state index is 0.325. The summed E-state index contributed by atoms with van der Waals surface area (Å²) in [5, 5.41) is 8.95. The normalized spacial score (nSPS) is 12.1. The lowest BCUT2D eigenvalue weighted by Crippen LogP contribution is -1.95. The first-order chi connectivity index (χ1) is 11.1. The van der Waals surface area contributed by atoms with Crippen molar-refractivity contribution in [3.05, 3.63) is 59.7 Å². The highest BCUT2D eigenvalue weighted by Crippen LogP contribution is 2.26. The van der Waals surface area contributed by atoms with Crippen molar-refractivity contribution in [1.82, 2.24) is 0 Å². The summed E-state index contributed by atoms with van der Waals surface area (Å²) < 4.78 is 0. The summed E-state index contributed by atoms with van der Waals surface area (Å²) in [5.41, 5.74) is 3.89. The summed E-state index contributed by atoms with van der Waals surface area (Å²) in [6, 6.07) is 15.7. The third kappa shape index (κ3) is 4.95. The molecule has 2 nitrogen and oxygen atoms in total. The van der Waals surface area contributed by atoms with Gasteiger partial charge >= 0.3 is 5.97 Å². The highest BCUT2D eigenvalue weighted by atomic mass is 16.4. The fraction of sp³-hybridized carbons (Fsp3) is 0.381. The van der Waals surface area contributed by atoms with Crippen LogP contribution in [0.5, 0.6) is 0 Å². The second kappa shape index (κ2) is 8.52. The molecule has 0 radical (unpaired) electrons. The quantitative estimate of drug-likeness (QED) is 0.596. The molecule has 0 aliphatic carbocycles. The minimum Gasteiger partial charge on any atom is -0.478 e. The predicted molar refractivity (Wildman–Crippen MR) is 96.0 cm³/mol. The van der Waals surface area contributed by atoms with Crippen molar-refractivity contribution in [2.75, 3.05) is 0 Å². The smallest absolute Gasteiger partial charge is 0.335 e. The summed E-state index contributed by atoms with van der Waals surface area (Å²) in [4.78, 5) is 10.9. The molecule has 1 atom stereocenters. The molecule has 0 fully saturated rings. The zero-order valence-electron chi connectivity index (χ0n) is 14.1. The van der Waals surface area contributed by atoms with E-state index in [9.17, 15) is 4.79 Å². The first kappa shape index (κ1) is 17.3. The molecule has 23 heavy (non-hydrogen) atoms. The number of carbonyl (C=O) groups is 1. The van der Waals surface area contributed by atoms with Crippen molar-refractivity contribution >= 4 is 5.97 Å². The highest BCUT2D eigenvalue weighted by Gasteiger charge is 2.07. The molecule has 0 saturated heterocycles. The van der Waals surface area contributed by atoms with Gasteiger partial charge in [0.05, 0.1) is 5.56 Å². The van der Waals surface area contributed by atoms with Gasteiger partial charge in [-0.1, -0.05) is 75.9 Å². The number of carboxylic acids is 1. The van der Waals surface area contributed by atoms with E-state index in [1.807, 2.05) is 12.1 Å². The molecular formula is C21H26O2. The number of rotatable bonds is 8. The van der Waals surface area contributed by atoms with Gasteiger partial charge < -0.3 is 5.11 Å². The third-order valence-corrected chi connectivity index (χ3v) is 4.44. The van der Waals surface area contributed by atoms with Gasteiger partial charge in [-0.15, -0.1) is 0 Å². The molecule has 2 aromatic carbocycles. The average Bonchev–Trinajstić information content (AvgIpc) is 2.59. The summed E-state index contributed by atoms with van der Waals surface area (Å²) in [6.07, 6.45) is 6.48. The predicted octanol–water partition coefficient (Wildman–Crippen LogP) is 6.13. The zero-order chi connectivity index (χ0) is 16.7. The molecule has 0 amide bonds. The van der Waals surface area contributed by atoms with Crippen molar-refractivity contribution in [3.8, 4) is 11.1 Å². The second-order valence-corrected chi connectivity index (χ2v) is 6.25. The fourth-order valence-corrected chi connectivity index (χ4v) is 2.85. The Morgan fingerprint density at radius 3 is 2.00 bits per heavy atom. The highest BCUT2D eigenvalue weighted by molar-refractivity contribution is 5.88. The Hall–Kier alpha value is -2.09. The van der Waals surface area contributed by atoms with E-state index in [4.69, 9.17) is 5.11 Å². The number of unbranched alkanes of at least 4 members (excludes halogenated alkanes) is 3. The van der Waals surface area contributed by atoms with Gasteiger partial charge in [0.25, 0.3) is 0 Å². The van der Waals surface area contributed by atoms with Crippen LogP contribution in [0.3, 0.4) is 0 Å². The number of aromatic carboxylic acids is 1. The lowest BCUT2D eigenvalue weighted by Gasteiger charge is -2.12. The Labute approximate surface area is 139 Å². The van der Waals surface area contributed by atoms with Crippen LogP contribution in [-0.2, 0) is 0 Å². The van der Waals surface area contributed by atoms with E-state index < -0.39 is 5.97 Å². The van der Waals surface area contributed by atoms with Gasteiger partial charge in [-0.2, -0.15) is 0 Å². The standard InChI is InChI=1S/C21H26O2/c1-3-4-5-6-7-16(2)17-8-10-18(11-9-17)19-12-14-20(15-13-19)21(22)23/h8-16H,3-7H2,1-2H3,(H,22,23)/t16-/m0/s1. The topological polar surface area (TPSA) is 37.3 Å². The molecule has 0 aromatic heterocycles. The Bertz CT molecular complexity index is 611. The summed E-state index contributed by atoms with van der Waals surface area (Å²) in [6.45, 7) is 4.54. The van der Waals surface area contributed by atoms with E-state index in [2.05, 4.69) is 38.1 Å². The van der Waals surface area contributed by atoms with Crippen molar-refractivity contribution in [1.29, 1.82) is 0 Å². The average molecular weight is 310 g/mol. The van der Waals surface area contributed by atoms with Crippen LogP contribution in [0.15, 0.2) is 48.5 Å². The first-order valence-electron chi connectivity index (χ1n) is 8.55. The van der Waals surface area contributed by atoms with Crippen LogP contribution in [0.2, 0.25) is 0 Å². The van der Waals surface area contributed by atoms with Gasteiger partial charge in [-0.3, -0.25) is 0 Å². The number of hydrogen-bond acceptors (Lipinski definition) is 1. The molecule has 122 valence electrons. The SMILES string of the molecule is CCCCCC[C@H](C)c1ccc(-c2ccc(C(=O)O)cc2)cc1. The van der Waals surface area contributed by atoms with Gasteiger partial charge in [0.1, 0.15) is 0 Å². The fourth-order valence-electron chi connectivity index (χ4n) is 2.85. The van der Waals surface area contributed by atoms with Gasteiger partial charge in [0.15, 0.2) is 0 Å². The Balaban J connectivity index is 1.99. The number of carboxylic acid groups (broad SMARTS) is 1. The van der Waals surface area contributed by atoms with Crippen LogP contribution < -0.4 is 0 Å². The Morgan fingerprint density at radius 2 is 1.48 bits per heavy atom. The van der Waals surface area contributed by atoms with Crippen molar-refractivity contribution in [2.24, 2.45) is 0 Å². The molecule has 0 aliphatic heterocycles. The molecular weight excluding hydrogens is 284 g/mol. The molecule has 1 N–H and O–H groups in total. The van der Waals surface area contributed by atoms with Crippen LogP contribution in [0.25, 0.3) is 11.1 Å². The van der Waals surface area contributed by atoms with Gasteiger partial charge in [-0.05, 0) is 41.2 Å². The molecule has 2 aromatic rings. The van der Waals surface area contributed by atoms with Gasteiger partial charge in [0, 0.05) is 0 Å². The lowest BCUT2D eigenvalue weighted by molar-refractivity contribution is 0.0697. The molecule has 0 heterocycles. The maximum Gasteiger partial charge on any atom is 0.335 e. The summed E-state index contributed by atoms with van der Waals surface area (Å²) >= 11 is 0. The van der Waals surface area contributed by atoms with E-state index in [1.165, 1.54) is 37.7 Å². The molecule has 0 bridgehead atoms. The van der Waals surface area contributed by atoms with E-state index >= 15 is 0 Å². The van der Waals surface area contributed by atoms with E-state index in [0.29, 0.717) is 11.5 Å². The molecule has 2 heteroatoms. The minimum atomic E-state index is -0.885. The Kier molecular flexibility index (Phi) is 6.40. The van der Waals surface area contributed by atoms with E-state index in [0.717, 1.165) is 11.1 Å². The second-order valence-electron chi connectivity index (χ2n) is 6.25. The monoisotopic (exact) mass is 310 g/mol. The Morgan fingerprint density at radius 1 is 0.913 bits per heavy atom. The largest absolute Gasteiger partial charge is 0.478 e. The molecule has 2 rings (SSSR count). The van der Waals surface area contributed by atoms with Crippen LogP contribution in [0.4, 0.5) is 0 Å². The van der Waals surface area contributed by atoms with E-state index in [-0.39, 0.29) is 0 Å². The van der Waals surface area contributed by atoms with Crippen LogP contribution in [0.1, 0.15) is 67.8 Å². The van der Waals surface area contributed by atoms with Crippen LogP contribution in [0, 0.1) is 0 Å². The zero-order valence-corrected chi connectivity index (χ0v) is 14.1. The maximum atomic E-state index is 10.9. The molecule has 0 saturated carbocycles. The van der Waals surface area contributed by atoms with Crippen molar-refractivity contribution in [3.63, 3.8) is 0 Å². The molecule has 0 unspecified atom stereocenters. The summed E-state index contributed by atoms with van der Waals surface area (Å²) in [7, 11) is 0. The van der Waals surface area contributed by atoms with Crippen LogP contribution in [-0.4, -0.2) is 11.1 Å². The van der Waals surface area contributed by atoms with Crippen molar-refractivity contribution < 1.29 is 9.90 Å². The van der Waals surface area contributed by atoms with Crippen molar-refractivity contribution in [2.45, 2.75) is 51.9 Å². The maximum absolute atomic E-state index is 10.9. The van der Waals surface area contributed by atoms with Gasteiger partial charge in [0.2, 0.25) is 0 Å².